The molecule has 0 aromatic carbocycles. The van der Waals surface area contributed by atoms with Gasteiger partial charge >= 0.3 is 0 Å². The van der Waals surface area contributed by atoms with Crippen molar-refractivity contribution in [2.75, 3.05) is 40.9 Å². The number of hydrogen-bond acceptors (Lipinski definition) is 6. The van der Waals surface area contributed by atoms with Crippen molar-refractivity contribution in [1.82, 2.24) is 5.32 Å². The number of aliphatic hydroxyl groups excluding tert-OH is 1. The molecular weight excluding hydrogens is 948 g/mol. The van der Waals surface area contributed by atoms with Crippen molar-refractivity contribution < 1.29 is 32.9 Å². The summed E-state index contributed by atoms with van der Waals surface area (Å²) in [5.41, 5.74) is 0. The maximum atomic E-state index is 13.0. The van der Waals surface area contributed by atoms with E-state index < -0.39 is 20.0 Å². The van der Waals surface area contributed by atoms with Crippen LogP contribution in [0.3, 0.4) is 0 Å². The van der Waals surface area contributed by atoms with E-state index in [1.165, 1.54) is 103 Å². The Balaban J connectivity index is 4.04. The van der Waals surface area contributed by atoms with Crippen LogP contribution in [0.25, 0.3) is 0 Å². The molecule has 0 spiro atoms. The average Bonchev–Trinajstić information content (AvgIpc) is 3.37. The highest BCUT2D eigenvalue weighted by Crippen LogP contribution is 2.38. The highest BCUT2D eigenvalue weighted by molar-refractivity contribution is 7.45. The number of aliphatic hydroxyl groups is 1. The first-order valence-corrected chi connectivity index (χ1v) is 31.8. The van der Waals surface area contributed by atoms with Crippen molar-refractivity contribution in [3.05, 3.63) is 122 Å². The molecule has 0 aromatic heterocycles. The van der Waals surface area contributed by atoms with Crippen LogP contribution in [0.1, 0.15) is 239 Å². The number of quaternary nitrogens is 1. The Labute approximate surface area is 463 Å². The molecule has 0 aromatic rings. The number of rotatable bonds is 54. The molecule has 0 fully saturated rings. The molecule has 0 aliphatic carbocycles. The molecule has 9 heteroatoms. The van der Waals surface area contributed by atoms with Gasteiger partial charge in [-0.05, 0) is 89.9 Å². The zero-order chi connectivity index (χ0) is 54.9. The van der Waals surface area contributed by atoms with Crippen LogP contribution in [0.15, 0.2) is 122 Å². The Morgan fingerprint density at radius 2 is 0.813 bits per heavy atom. The zero-order valence-electron chi connectivity index (χ0n) is 49.0. The molecule has 0 bridgehead atoms. The highest BCUT2D eigenvalue weighted by Gasteiger charge is 2.24. The van der Waals surface area contributed by atoms with Gasteiger partial charge in [0.2, 0.25) is 5.91 Å². The van der Waals surface area contributed by atoms with E-state index in [1.54, 1.807) is 0 Å². The Morgan fingerprint density at radius 3 is 1.19 bits per heavy atom. The standard InChI is InChI=1S/C66H115N2O6P/c1-6-8-10-12-14-16-18-20-21-22-23-24-25-26-27-28-29-30-31-32-33-34-35-36-37-38-39-40-41-42-43-44-45-46-47-48-50-52-54-56-58-60-66(70)67-64(63-74-75(71,72)73-62-61-68(3,4)5)65(69)59-57-55-53-51-49-19-17-15-13-11-9-7-2/h8,10,14,16,20-21,23-24,26-27,29-30,32-33,35-36,38-39,41-42,64-65,69H,6-7,9,11-13,15,17-19,22,25,28,31,34,37,40,43-63H2,1-5H3,(H-,67,70,71,72)/b10-8-,16-14-,21-20-,24-23-,27-26-,30-29-,33-32-,36-35-,39-38-,42-41-. The third-order valence-corrected chi connectivity index (χ3v) is 13.9. The maximum Gasteiger partial charge on any atom is 0.268 e. The van der Waals surface area contributed by atoms with Gasteiger partial charge in [-0.25, -0.2) is 0 Å². The van der Waals surface area contributed by atoms with E-state index in [0.717, 1.165) is 109 Å². The Kier molecular flexibility index (Phi) is 53.3. The predicted octanol–water partition coefficient (Wildman–Crippen LogP) is 18.3. The minimum absolute atomic E-state index is 0.00641. The largest absolute Gasteiger partial charge is 0.756 e. The van der Waals surface area contributed by atoms with Crippen molar-refractivity contribution in [2.45, 2.75) is 251 Å². The number of amides is 1. The SMILES string of the molecule is CC/C=C\C/C=C\C/C=C\C/C=C\C/C=C\C/C=C\C/C=C\C/C=C\C/C=C\C/C=C\CCCCCCCCCCCCC(=O)NC(COP(=O)([O-])OCC[N+](C)(C)C)C(O)CCCCCCCCCCCCCC. The number of allylic oxidation sites excluding steroid dienone is 20. The summed E-state index contributed by atoms with van der Waals surface area (Å²) in [4.78, 5) is 25.5. The molecule has 3 unspecified atom stereocenters. The summed E-state index contributed by atoms with van der Waals surface area (Å²) in [5.74, 6) is -0.174. The third kappa shape index (κ3) is 58.4. The molecule has 0 radical (unpaired) electrons. The van der Waals surface area contributed by atoms with E-state index in [4.69, 9.17) is 9.05 Å². The van der Waals surface area contributed by atoms with Crippen LogP contribution < -0.4 is 10.2 Å². The summed E-state index contributed by atoms with van der Waals surface area (Å²) < 4.78 is 23.4. The summed E-state index contributed by atoms with van der Waals surface area (Å²) in [7, 11) is 1.29. The molecule has 0 heterocycles. The highest BCUT2D eigenvalue weighted by atomic mass is 31.2. The van der Waals surface area contributed by atoms with Crippen LogP contribution in [0, 0.1) is 0 Å². The number of phosphoric acid groups is 1. The molecule has 8 nitrogen and oxygen atoms in total. The van der Waals surface area contributed by atoms with Crippen molar-refractivity contribution >= 4 is 13.7 Å². The van der Waals surface area contributed by atoms with Crippen molar-refractivity contribution in [3.63, 3.8) is 0 Å². The van der Waals surface area contributed by atoms with E-state index in [0.29, 0.717) is 23.9 Å². The summed E-state index contributed by atoms with van der Waals surface area (Å²) >= 11 is 0. The lowest BCUT2D eigenvalue weighted by Crippen LogP contribution is -2.46. The van der Waals surface area contributed by atoms with Gasteiger partial charge in [0.25, 0.3) is 7.82 Å². The van der Waals surface area contributed by atoms with Crippen molar-refractivity contribution in [2.24, 2.45) is 0 Å². The van der Waals surface area contributed by atoms with Gasteiger partial charge in [-0.3, -0.25) is 9.36 Å². The molecule has 430 valence electrons. The van der Waals surface area contributed by atoms with Crippen LogP contribution >= 0.6 is 7.82 Å². The lowest BCUT2D eigenvalue weighted by molar-refractivity contribution is -0.870. The molecule has 0 saturated heterocycles. The molecule has 0 aliphatic rings. The van der Waals surface area contributed by atoms with E-state index >= 15 is 0 Å². The molecule has 3 atom stereocenters. The number of phosphoric ester groups is 1. The van der Waals surface area contributed by atoms with Crippen LogP contribution in [-0.2, 0) is 18.4 Å². The lowest BCUT2D eigenvalue weighted by Gasteiger charge is -2.30. The third-order valence-electron chi connectivity index (χ3n) is 13.0. The number of likely N-dealkylation sites (N-methyl/N-ethyl adjacent to an activating group) is 1. The van der Waals surface area contributed by atoms with E-state index in [-0.39, 0.29) is 19.1 Å². The number of carbonyl (C=O) groups excluding carboxylic acids is 1. The normalized spacial score (nSPS) is 14.7. The monoisotopic (exact) mass is 1060 g/mol. The second kappa shape index (κ2) is 55.6. The minimum Gasteiger partial charge on any atom is -0.756 e. The molecular formula is C66H115N2O6P. The van der Waals surface area contributed by atoms with Crippen molar-refractivity contribution in [1.29, 1.82) is 0 Å². The summed E-state index contributed by atoms with van der Waals surface area (Å²) in [5, 5.41) is 14.0. The summed E-state index contributed by atoms with van der Waals surface area (Å²) in [6.07, 6.45) is 82.4. The van der Waals surface area contributed by atoms with E-state index in [9.17, 15) is 19.4 Å². The number of nitrogens with one attached hydrogen (secondary N) is 1. The maximum absolute atomic E-state index is 13.0. The van der Waals surface area contributed by atoms with E-state index in [2.05, 4.69) is 141 Å². The number of carbonyl (C=O) groups is 1. The van der Waals surface area contributed by atoms with Gasteiger partial charge < -0.3 is 28.8 Å². The first kappa shape index (κ1) is 71.9. The first-order chi connectivity index (χ1) is 36.5. The predicted molar refractivity (Wildman–Crippen MR) is 325 cm³/mol. The van der Waals surface area contributed by atoms with E-state index in [1.807, 2.05) is 21.1 Å². The lowest BCUT2D eigenvalue weighted by atomic mass is 10.0. The van der Waals surface area contributed by atoms with Gasteiger partial charge in [0.15, 0.2) is 0 Å². The van der Waals surface area contributed by atoms with Gasteiger partial charge in [-0.2, -0.15) is 0 Å². The van der Waals surface area contributed by atoms with Gasteiger partial charge in [0, 0.05) is 6.42 Å². The summed E-state index contributed by atoms with van der Waals surface area (Å²) in [6, 6.07) is -0.809. The van der Waals surface area contributed by atoms with Crippen LogP contribution in [0.4, 0.5) is 0 Å². The number of nitrogens with zero attached hydrogens (tertiary/aromatic N) is 1. The fourth-order valence-electron chi connectivity index (χ4n) is 8.24. The Morgan fingerprint density at radius 1 is 0.480 bits per heavy atom. The average molecular weight is 1060 g/mol. The molecule has 0 rings (SSSR count). The Bertz CT molecular complexity index is 1630. The van der Waals surface area contributed by atoms with Gasteiger partial charge in [0.05, 0.1) is 39.9 Å². The number of hydrogen-bond donors (Lipinski definition) is 2. The molecule has 2 N–H and O–H groups in total. The van der Waals surface area contributed by atoms with Crippen LogP contribution in [0.5, 0.6) is 0 Å². The molecule has 1 amide bonds. The quantitative estimate of drug-likeness (QED) is 0.0272. The minimum atomic E-state index is -4.58. The Hall–Kier alpha value is -3.10. The second-order valence-corrected chi connectivity index (χ2v) is 22.7. The van der Waals surface area contributed by atoms with Crippen LogP contribution in [-0.4, -0.2) is 68.5 Å². The fraction of sp³-hybridized carbons (Fsp3) is 0.682. The fourth-order valence-corrected chi connectivity index (χ4v) is 8.97. The van der Waals surface area contributed by atoms with Gasteiger partial charge in [-0.15, -0.1) is 0 Å². The van der Waals surface area contributed by atoms with Gasteiger partial charge in [0.1, 0.15) is 13.2 Å². The zero-order valence-corrected chi connectivity index (χ0v) is 49.8. The summed E-state index contributed by atoms with van der Waals surface area (Å²) in [6.45, 7) is 4.59. The molecule has 75 heavy (non-hydrogen) atoms. The molecule has 0 aliphatic heterocycles. The smallest absolute Gasteiger partial charge is 0.268 e. The van der Waals surface area contributed by atoms with Gasteiger partial charge in [-0.1, -0.05) is 264 Å². The van der Waals surface area contributed by atoms with Crippen LogP contribution in [0.2, 0.25) is 0 Å². The molecule has 0 saturated carbocycles. The van der Waals surface area contributed by atoms with Crippen molar-refractivity contribution in [3.8, 4) is 0 Å². The topological polar surface area (TPSA) is 108 Å². The second-order valence-electron chi connectivity index (χ2n) is 21.3. The number of unbranched alkanes of at least 4 members (excludes halogenated alkanes) is 21. The first-order valence-electron chi connectivity index (χ1n) is 30.4.